The number of fused-ring (bicyclic) bond motifs is 1. The van der Waals surface area contributed by atoms with Crippen LogP contribution in [0.3, 0.4) is 0 Å². The zero-order valence-electron chi connectivity index (χ0n) is 19.5. The van der Waals surface area contributed by atoms with Gasteiger partial charge in [-0.05, 0) is 56.6 Å². The molecule has 1 fully saturated rings. The molecule has 2 aromatic carbocycles. The molecule has 174 valence electrons. The van der Waals surface area contributed by atoms with Gasteiger partial charge in [0.05, 0.1) is 17.2 Å². The Hall–Kier alpha value is -3.75. The van der Waals surface area contributed by atoms with Crippen molar-refractivity contribution in [3.8, 4) is 5.75 Å². The van der Waals surface area contributed by atoms with E-state index in [1.54, 1.807) is 19.5 Å². The van der Waals surface area contributed by atoms with E-state index in [9.17, 15) is 0 Å². The molecular formula is C26H28N6O2. The van der Waals surface area contributed by atoms with Crippen LogP contribution in [0.1, 0.15) is 12.8 Å². The van der Waals surface area contributed by atoms with Crippen LogP contribution < -0.4 is 15.4 Å². The zero-order chi connectivity index (χ0) is 23.5. The fourth-order valence-corrected chi connectivity index (χ4v) is 4.15. The summed E-state index contributed by atoms with van der Waals surface area (Å²) in [5.74, 6) is 2.25. The number of rotatable bonds is 8. The topological polar surface area (TPSA) is 84.4 Å². The number of nitrogens with zero attached hydrogens (tertiary/aromatic N) is 4. The molecule has 4 aromatic rings. The zero-order valence-corrected chi connectivity index (χ0v) is 19.5. The van der Waals surface area contributed by atoms with E-state index >= 15 is 0 Å². The summed E-state index contributed by atoms with van der Waals surface area (Å²) in [5.41, 5.74) is 3.30. The van der Waals surface area contributed by atoms with Gasteiger partial charge in [-0.3, -0.25) is 9.88 Å². The van der Waals surface area contributed by atoms with Gasteiger partial charge >= 0.3 is 0 Å². The van der Waals surface area contributed by atoms with Crippen LogP contribution in [0, 0.1) is 0 Å². The highest BCUT2D eigenvalue weighted by Crippen LogP contribution is 2.39. The molecule has 8 heteroatoms. The predicted molar refractivity (Wildman–Crippen MR) is 134 cm³/mol. The minimum Gasteiger partial charge on any atom is -0.490 e. The summed E-state index contributed by atoms with van der Waals surface area (Å²) >= 11 is 0. The van der Waals surface area contributed by atoms with Crippen LogP contribution in [-0.4, -0.2) is 52.9 Å². The summed E-state index contributed by atoms with van der Waals surface area (Å²) in [4.78, 5) is 15.6. The van der Waals surface area contributed by atoms with Gasteiger partial charge in [0.1, 0.15) is 29.2 Å². The number of pyridine rings is 1. The second-order valence-corrected chi connectivity index (χ2v) is 8.64. The Balaban J connectivity index is 1.20. The lowest BCUT2D eigenvalue weighted by atomic mass is 9.83. The van der Waals surface area contributed by atoms with Crippen LogP contribution in [0.2, 0.25) is 0 Å². The molecule has 2 heterocycles. The van der Waals surface area contributed by atoms with Crippen molar-refractivity contribution in [1.29, 1.82) is 0 Å². The van der Waals surface area contributed by atoms with Crippen LogP contribution in [0.5, 0.6) is 5.75 Å². The first-order chi connectivity index (χ1) is 16.5. The third-order valence-electron chi connectivity index (χ3n) is 6.20. The largest absolute Gasteiger partial charge is 0.490 e. The molecule has 34 heavy (non-hydrogen) atoms. The number of hydrogen-bond acceptors (Lipinski definition) is 8. The number of hydrogen-bond donors (Lipinski definition) is 2. The Morgan fingerprint density at radius 1 is 0.882 bits per heavy atom. The van der Waals surface area contributed by atoms with E-state index in [4.69, 9.17) is 9.47 Å². The molecule has 0 amide bonds. The number of methoxy groups -OCH3 is 1. The minimum atomic E-state index is -0.213. The monoisotopic (exact) mass is 456 g/mol. The standard InChI is InChI=1S/C26H28N6O2/c1-32(2)26(33-3)15-21(16-26)34-20-10-8-18(9-11-20)29-24-14-19(12-13-27-24)30-25-17-28-22-6-4-5-7-23(22)31-25/h4-14,17,21H,15-16H2,1-3H3,(H2,27,29,30,31). The van der Waals surface area contributed by atoms with Crippen LogP contribution in [0.4, 0.5) is 23.0 Å². The van der Waals surface area contributed by atoms with Gasteiger partial charge in [-0.25, -0.2) is 9.97 Å². The summed E-state index contributed by atoms with van der Waals surface area (Å²) in [6, 6.07) is 19.5. The molecule has 0 radical (unpaired) electrons. The van der Waals surface area contributed by atoms with E-state index in [2.05, 4.69) is 30.5 Å². The Kier molecular flexibility index (Phi) is 6.00. The van der Waals surface area contributed by atoms with Crippen LogP contribution in [-0.2, 0) is 4.74 Å². The molecule has 0 bridgehead atoms. The molecule has 2 N–H and O–H groups in total. The lowest BCUT2D eigenvalue weighted by Gasteiger charge is -2.50. The molecule has 5 rings (SSSR count). The van der Waals surface area contributed by atoms with Gasteiger partial charge in [0.15, 0.2) is 0 Å². The summed E-state index contributed by atoms with van der Waals surface area (Å²) in [5, 5.41) is 6.63. The average molecular weight is 457 g/mol. The van der Waals surface area contributed by atoms with Gasteiger partial charge in [0, 0.05) is 43.6 Å². The number of ether oxygens (including phenoxy) is 2. The summed E-state index contributed by atoms with van der Waals surface area (Å²) in [7, 11) is 5.83. The molecule has 8 nitrogen and oxygen atoms in total. The van der Waals surface area contributed by atoms with Crippen LogP contribution >= 0.6 is 0 Å². The Morgan fingerprint density at radius 3 is 2.35 bits per heavy atom. The quantitative estimate of drug-likeness (QED) is 0.360. The van der Waals surface area contributed by atoms with Gasteiger partial charge in [0.2, 0.25) is 0 Å². The lowest BCUT2D eigenvalue weighted by Crippen LogP contribution is -2.59. The van der Waals surface area contributed by atoms with Crippen molar-refractivity contribution in [3.63, 3.8) is 0 Å². The number of aromatic nitrogens is 3. The summed E-state index contributed by atoms with van der Waals surface area (Å²) in [6.07, 6.45) is 5.33. The fraction of sp³-hybridized carbons (Fsp3) is 0.269. The van der Waals surface area contributed by atoms with Gasteiger partial charge in [-0.2, -0.15) is 0 Å². The highest BCUT2D eigenvalue weighted by atomic mass is 16.5. The number of anilines is 4. The maximum atomic E-state index is 6.11. The van der Waals surface area contributed by atoms with Crippen molar-refractivity contribution >= 4 is 34.0 Å². The first-order valence-electron chi connectivity index (χ1n) is 11.2. The van der Waals surface area contributed by atoms with E-state index in [1.807, 2.05) is 74.8 Å². The van der Waals surface area contributed by atoms with E-state index in [0.717, 1.165) is 46.8 Å². The van der Waals surface area contributed by atoms with Crippen molar-refractivity contribution in [2.45, 2.75) is 24.7 Å². The molecule has 0 saturated heterocycles. The maximum Gasteiger partial charge on any atom is 0.149 e. The number of nitrogens with one attached hydrogen (secondary N) is 2. The second-order valence-electron chi connectivity index (χ2n) is 8.64. The molecule has 0 spiro atoms. The van der Waals surface area contributed by atoms with Crippen molar-refractivity contribution in [2.75, 3.05) is 31.8 Å². The maximum absolute atomic E-state index is 6.11. The third kappa shape index (κ3) is 4.64. The first-order valence-corrected chi connectivity index (χ1v) is 11.2. The SMILES string of the molecule is COC1(N(C)C)CC(Oc2ccc(Nc3cc(Nc4cnc5ccccc5n4)ccn3)cc2)C1. The van der Waals surface area contributed by atoms with Crippen LogP contribution in [0.15, 0.2) is 73.1 Å². The van der Waals surface area contributed by atoms with E-state index in [0.29, 0.717) is 5.82 Å². The predicted octanol–water partition coefficient (Wildman–Crippen LogP) is 4.96. The highest BCUT2D eigenvalue weighted by molar-refractivity contribution is 5.76. The molecule has 1 saturated carbocycles. The van der Waals surface area contributed by atoms with Gasteiger partial charge in [-0.1, -0.05) is 12.1 Å². The smallest absolute Gasteiger partial charge is 0.149 e. The summed E-state index contributed by atoms with van der Waals surface area (Å²) in [6.45, 7) is 0. The third-order valence-corrected chi connectivity index (χ3v) is 6.20. The highest BCUT2D eigenvalue weighted by Gasteiger charge is 2.48. The minimum absolute atomic E-state index is 0.156. The fourth-order valence-electron chi connectivity index (χ4n) is 4.15. The van der Waals surface area contributed by atoms with Gasteiger partial charge in [0.25, 0.3) is 0 Å². The second kappa shape index (κ2) is 9.24. The first kappa shape index (κ1) is 22.1. The van der Waals surface area contributed by atoms with E-state index in [1.165, 1.54) is 0 Å². The Labute approximate surface area is 199 Å². The van der Waals surface area contributed by atoms with Crippen molar-refractivity contribution in [3.05, 3.63) is 73.1 Å². The molecule has 1 aliphatic rings. The lowest BCUT2D eigenvalue weighted by molar-refractivity contribution is -0.204. The molecular weight excluding hydrogens is 428 g/mol. The molecule has 0 aliphatic heterocycles. The van der Waals surface area contributed by atoms with Crippen molar-refractivity contribution < 1.29 is 9.47 Å². The Bertz CT molecular complexity index is 1270. The average Bonchev–Trinajstić information content (AvgIpc) is 2.82. The molecule has 0 unspecified atom stereocenters. The molecule has 2 aromatic heterocycles. The molecule has 1 aliphatic carbocycles. The van der Waals surface area contributed by atoms with Crippen molar-refractivity contribution in [2.24, 2.45) is 0 Å². The van der Waals surface area contributed by atoms with Crippen LogP contribution in [0.25, 0.3) is 11.0 Å². The van der Waals surface area contributed by atoms with E-state index < -0.39 is 0 Å². The molecule has 0 atom stereocenters. The van der Waals surface area contributed by atoms with Crippen molar-refractivity contribution in [1.82, 2.24) is 19.9 Å². The number of para-hydroxylation sites is 2. The van der Waals surface area contributed by atoms with E-state index in [-0.39, 0.29) is 11.8 Å². The number of benzene rings is 2. The normalized spacial score (nSPS) is 19.6. The Morgan fingerprint density at radius 2 is 1.62 bits per heavy atom. The van der Waals surface area contributed by atoms with Gasteiger partial charge < -0.3 is 20.1 Å². The van der Waals surface area contributed by atoms with Gasteiger partial charge in [-0.15, -0.1) is 0 Å². The summed E-state index contributed by atoms with van der Waals surface area (Å²) < 4.78 is 11.8.